The summed E-state index contributed by atoms with van der Waals surface area (Å²) in [5.74, 6) is 1.30. The lowest BCUT2D eigenvalue weighted by Crippen LogP contribution is -2.46. The second-order valence-electron chi connectivity index (χ2n) is 8.78. The van der Waals surface area contributed by atoms with Crippen LogP contribution in [0.3, 0.4) is 0 Å². The molecule has 0 radical (unpaired) electrons. The van der Waals surface area contributed by atoms with Crippen molar-refractivity contribution in [2.75, 3.05) is 12.0 Å². The van der Waals surface area contributed by atoms with Gasteiger partial charge in [-0.3, -0.25) is 4.90 Å². The van der Waals surface area contributed by atoms with E-state index in [1.54, 1.807) is 12.1 Å². The van der Waals surface area contributed by atoms with Gasteiger partial charge >= 0.3 is 0 Å². The van der Waals surface area contributed by atoms with Gasteiger partial charge in [0.05, 0.1) is 18.7 Å². The molecule has 5 rings (SSSR count). The Kier molecular flexibility index (Phi) is 6.20. The van der Waals surface area contributed by atoms with Gasteiger partial charge in [0.1, 0.15) is 0 Å². The summed E-state index contributed by atoms with van der Waals surface area (Å²) >= 11 is 5.81. The van der Waals surface area contributed by atoms with Crippen molar-refractivity contribution in [3.63, 3.8) is 0 Å². The smallest absolute Gasteiger partial charge is 0.258 e. The van der Waals surface area contributed by atoms with Crippen LogP contribution in [-0.2, 0) is 0 Å². The molecule has 182 valence electrons. The Balaban J connectivity index is 1.67. The van der Waals surface area contributed by atoms with E-state index in [0.29, 0.717) is 22.6 Å². The van der Waals surface area contributed by atoms with Crippen LogP contribution in [0.4, 0.5) is 5.69 Å². The molecule has 0 saturated heterocycles. The Morgan fingerprint density at radius 2 is 1.75 bits per heavy atom. The van der Waals surface area contributed by atoms with E-state index in [0.717, 1.165) is 39.2 Å². The number of thiocarbonyl (C=S) groups is 1. The summed E-state index contributed by atoms with van der Waals surface area (Å²) in [6.07, 6.45) is 0. The number of hydrogen-bond donors (Lipinski definition) is 2. The molecular formula is C28H26N4O3S. The Labute approximate surface area is 215 Å². The van der Waals surface area contributed by atoms with Crippen LogP contribution >= 0.6 is 12.2 Å². The van der Waals surface area contributed by atoms with Gasteiger partial charge in [-0.1, -0.05) is 47.1 Å². The number of nitrogens with one attached hydrogen (secondary N) is 1. The molecule has 36 heavy (non-hydrogen) atoms. The fraction of sp³-hybridized carbons (Fsp3) is 0.179. The highest BCUT2D eigenvalue weighted by molar-refractivity contribution is 7.80. The molecule has 1 aromatic heterocycles. The Morgan fingerprint density at radius 3 is 2.44 bits per heavy atom. The molecule has 4 aromatic rings. The fourth-order valence-electron chi connectivity index (χ4n) is 4.47. The molecule has 0 amide bonds. The minimum atomic E-state index is -0.429. The van der Waals surface area contributed by atoms with E-state index in [1.165, 1.54) is 7.11 Å². The minimum absolute atomic E-state index is 0.0341. The van der Waals surface area contributed by atoms with Crippen LogP contribution in [0.25, 0.3) is 17.0 Å². The maximum absolute atomic E-state index is 10.5. The van der Waals surface area contributed by atoms with Gasteiger partial charge in [-0.05, 0) is 74.4 Å². The highest BCUT2D eigenvalue weighted by atomic mass is 32.1. The number of nitrogens with zero attached hydrogens (tertiary/aromatic N) is 3. The molecule has 0 bridgehead atoms. The monoisotopic (exact) mass is 498 g/mol. The van der Waals surface area contributed by atoms with Crippen molar-refractivity contribution in [1.82, 2.24) is 15.5 Å². The zero-order valence-corrected chi connectivity index (χ0v) is 21.3. The molecular weight excluding hydrogens is 472 g/mol. The maximum atomic E-state index is 10.5. The number of phenolic OH excluding ortho intramolecular Hbond substituents is 1. The van der Waals surface area contributed by atoms with Crippen LogP contribution in [-0.4, -0.2) is 27.5 Å². The second kappa shape index (κ2) is 9.47. The number of methoxy groups -OCH3 is 1. The summed E-state index contributed by atoms with van der Waals surface area (Å²) < 4.78 is 11.1. The number of rotatable bonds is 5. The van der Waals surface area contributed by atoms with Crippen molar-refractivity contribution in [3.05, 3.63) is 95.0 Å². The lowest BCUT2D eigenvalue weighted by molar-refractivity contribution is 0.372. The zero-order valence-electron chi connectivity index (χ0n) is 20.4. The number of aryl methyl sites for hydroxylation is 2. The van der Waals surface area contributed by atoms with Crippen LogP contribution in [0.5, 0.6) is 11.5 Å². The van der Waals surface area contributed by atoms with E-state index in [9.17, 15) is 5.11 Å². The van der Waals surface area contributed by atoms with Crippen molar-refractivity contribution < 1.29 is 14.4 Å². The number of ether oxygens (including phenoxy) is 1. The van der Waals surface area contributed by atoms with Gasteiger partial charge in [0, 0.05) is 16.9 Å². The quantitative estimate of drug-likeness (QED) is 0.327. The molecule has 8 heteroatoms. The highest BCUT2D eigenvalue weighted by Crippen LogP contribution is 2.41. The molecule has 0 spiro atoms. The number of aromatic hydroxyl groups is 1. The number of aromatic nitrogens is 2. The first-order chi connectivity index (χ1) is 17.4. The lowest BCUT2D eigenvalue weighted by Gasteiger charge is -2.37. The fourth-order valence-corrected chi connectivity index (χ4v) is 4.83. The zero-order chi connectivity index (χ0) is 25.4. The number of phenols is 1. The molecule has 2 N–H and O–H groups in total. The van der Waals surface area contributed by atoms with E-state index < -0.39 is 6.04 Å². The van der Waals surface area contributed by atoms with Gasteiger partial charge in [0.25, 0.3) is 5.89 Å². The first-order valence-electron chi connectivity index (χ1n) is 11.5. The van der Waals surface area contributed by atoms with E-state index >= 15 is 0 Å². The molecule has 0 aliphatic carbocycles. The van der Waals surface area contributed by atoms with Crippen LogP contribution < -0.4 is 15.0 Å². The average Bonchev–Trinajstić information content (AvgIpc) is 3.33. The maximum Gasteiger partial charge on any atom is 0.258 e. The number of allylic oxidation sites excluding steroid dienone is 1. The molecule has 2 heterocycles. The standard InChI is InChI=1S/C28H26N4O3S/c1-16-7-5-9-20(13-16)26-30-27(35-31-26)24-18(3)32(21-10-6-8-17(2)14-21)28(36)29-25(24)19-11-12-23(34-4)22(33)15-19/h5-15,25,33H,1-4H3,(H,29,36). The van der Waals surface area contributed by atoms with Gasteiger partial charge in [0.15, 0.2) is 16.6 Å². The number of anilines is 1. The van der Waals surface area contributed by atoms with Crippen molar-refractivity contribution in [3.8, 4) is 22.9 Å². The molecule has 7 nitrogen and oxygen atoms in total. The van der Waals surface area contributed by atoms with E-state index in [-0.39, 0.29) is 5.75 Å². The van der Waals surface area contributed by atoms with Crippen LogP contribution in [0.1, 0.15) is 35.5 Å². The van der Waals surface area contributed by atoms with Gasteiger partial charge in [-0.15, -0.1) is 0 Å². The molecule has 1 aliphatic rings. The third kappa shape index (κ3) is 4.31. The third-order valence-corrected chi connectivity index (χ3v) is 6.51. The van der Waals surface area contributed by atoms with Gasteiger partial charge < -0.3 is 19.7 Å². The highest BCUT2D eigenvalue weighted by Gasteiger charge is 2.35. The van der Waals surface area contributed by atoms with Gasteiger partial charge in [-0.25, -0.2) is 0 Å². The number of hydrogen-bond acceptors (Lipinski definition) is 6. The van der Waals surface area contributed by atoms with Crippen LogP contribution in [0.2, 0.25) is 0 Å². The third-order valence-electron chi connectivity index (χ3n) is 6.21. The summed E-state index contributed by atoms with van der Waals surface area (Å²) in [6, 6.07) is 20.9. The van der Waals surface area contributed by atoms with Crippen molar-refractivity contribution in [2.45, 2.75) is 26.8 Å². The lowest BCUT2D eigenvalue weighted by atomic mass is 9.94. The first-order valence-corrected chi connectivity index (χ1v) is 11.9. The van der Waals surface area contributed by atoms with E-state index in [2.05, 4.69) is 16.5 Å². The van der Waals surface area contributed by atoms with E-state index in [1.807, 2.05) is 74.2 Å². The average molecular weight is 499 g/mol. The van der Waals surface area contributed by atoms with Crippen LogP contribution in [0, 0.1) is 13.8 Å². The largest absolute Gasteiger partial charge is 0.504 e. The predicted octanol–water partition coefficient (Wildman–Crippen LogP) is 5.93. The molecule has 1 atom stereocenters. The summed E-state index contributed by atoms with van der Waals surface area (Å²) in [6.45, 7) is 6.05. The topological polar surface area (TPSA) is 83.7 Å². The van der Waals surface area contributed by atoms with Gasteiger partial charge in [-0.2, -0.15) is 4.98 Å². The molecule has 0 fully saturated rings. The second-order valence-corrected chi connectivity index (χ2v) is 9.17. The molecule has 0 saturated carbocycles. The molecule has 3 aromatic carbocycles. The SMILES string of the molecule is COc1ccc(C2NC(=S)N(c3cccc(C)c3)C(C)=C2c2nc(-c3cccc(C)c3)no2)cc1O. The summed E-state index contributed by atoms with van der Waals surface area (Å²) in [4.78, 5) is 6.73. The van der Waals surface area contributed by atoms with Gasteiger partial charge in [0.2, 0.25) is 5.82 Å². The summed E-state index contributed by atoms with van der Waals surface area (Å²) in [7, 11) is 1.52. The number of benzene rings is 3. The normalized spacial score (nSPS) is 15.7. The Bertz CT molecular complexity index is 1490. The first kappa shape index (κ1) is 23.6. The summed E-state index contributed by atoms with van der Waals surface area (Å²) in [5, 5.41) is 18.7. The molecule has 1 aliphatic heterocycles. The van der Waals surface area contributed by atoms with Crippen LogP contribution in [0.15, 0.2) is 77.0 Å². The predicted molar refractivity (Wildman–Crippen MR) is 144 cm³/mol. The summed E-state index contributed by atoms with van der Waals surface area (Å²) in [5.41, 5.74) is 6.42. The van der Waals surface area contributed by atoms with E-state index in [4.69, 9.17) is 26.5 Å². The Morgan fingerprint density at radius 1 is 1.00 bits per heavy atom. The van der Waals surface area contributed by atoms with Crippen molar-refractivity contribution >= 4 is 28.6 Å². The van der Waals surface area contributed by atoms with Crippen molar-refractivity contribution in [1.29, 1.82) is 0 Å². The minimum Gasteiger partial charge on any atom is -0.504 e. The van der Waals surface area contributed by atoms with Crippen molar-refractivity contribution in [2.24, 2.45) is 0 Å². The molecule has 1 unspecified atom stereocenters. The Hall–Kier alpha value is -4.17.